The minimum atomic E-state index is -0.731. The first kappa shape index (κ1) is 9.79. The van der Waals surface area contributed by atoms with Crippen LogP contribution in [0.4, 0.5) is 0 Å². The van der Waals surface area contributed by atoms with Gasteiger partial charge in [0, 0.05) is 18.6 Å². The van der Waals surface area contributed by atoms with E-state index in [1.165, 1.54) is 0 Å². The van der Waals surface area contributed by atoms with Crippen LogP contribution in [0.15, 0.2) is 30.3 Å². The van der Waals surface area contributed by atoms with Crippen molar-refractivity contribution in [2.75, 3.05) is 6.61 Å². The average molecular weight is 176 g/mol. The zero-order chi connectivity index (χ0) is 9.52. The van der Waals surface area contributed by atoms with Crippen LogP contribution in [0.1, 0.15) is 12.0 Å². The van der Waals surface area contributed by atoms with Crippen molar-refractivity contribution in [3.63, 3.8) is 0 Å². The lowest BCUT2D eigenvalue weighted by molar-refractivity contribution is 0.177. The van der Waals surface area contributed by atoms with Crippen LogP contribution >= 0.6 is 0 Å². The highest BCUT2D eigenvalue weighted by atomic mass is 16.3. The summed E-state index contributed by atoms with van der Waals surface area (Å²) in [6.07, 6.45) is -0.426. The van der Waals surface area contributed by atoms with Gasteiger partial charge in [-0.15, -0.1) is 0 Å². The molecule has 13 heavy (non-hydrogen) atoms. The zero-order valence-electron chi connectivity index (χ0n) is 7.27. The van der Waals surface area contributed by atoms with E-state index < -0.39 is 6.10 Å². The lowest BCUT2D eigenvalue weighted by Gasteiger charge is -1.97. The van der Waals surface area contributed by atoms with Gasteiger partial charge in [-0.3, -0.25) is 0 Å². The third-order valence-corrected chi connectivity index (χ3v) is 1.56. The van der Waals surface area contributed by atoms with Gasteiger partial charge in [-0.1, -0.05) is 30.0 Å². The van der Waals surface area contributed by atoms with E-state index in [4.69, 9.17) is 5.11 Å². The molecule has 1 unspecified atom stereocenters. The lowest BCUT2D eigenvalue weighted by atomic mass is 10.2. The minimum absolute atomic E-state index is 0.0371. The van der Waals surface area contributed by atoms with E-state index in [0.29, 0.717) is 6.42 Å². The molecule has 0 aliphatic heterocycles. The first-order chi connectivity index (χ1) is 6.33. The van der Waals surface area contributed by atoms with Gasteiger partial charge >= 0.3 is 0 Å². The van der Waals surface area contributed by atoms with Crippen molar-refractivity contribution < 1.29 is 10.2 Å². The Morgan fingerprint density at radius 3 is 2.54 bits per heavy atom. The molecule has 68 valence electrons. The monoisotopic (exact) mass is 176 g/mol. The van der Waals surface area contributed by atoms with Crippen molar-refractivity contribution in [2.24, 2.45) is 0 Å². The molecule has 0 amide bonds. The van der Waals surface area contributed by atoms with Crippen LogP contribution in [0.2, 0.25) is 0 Å². The Kier molecular flexibility index (Phi) is 4.04. The van der Waals surface area contributed by atoms with Crippen molar-refractivity contribution in [3.8, 4) is 11.8 Å². The van der Waals surface area contributed by atoms with E-state index in [0.717, 1.165) is 5.56 Å². The molecular formula is C11H12O2. The number of benzene rings is 1. The fourth-order valence-corrected chi connectivity index (χ4v) is 0.883. The van der Waals surface area contributed by atoms with E-state index in [-0.39, 0.29) is 6.61 Å². The van der Waals surface area contributed by atoms with Crippen LogP contribution in [0.3, 0.4) is 0 Å². The van der Waals surface area contributed by atoms with E-state index in [1.54, 1.807) is 0 Å². The lowest BCUT2D eigenvalue weighted by Crippen LogP contribution is -2.04. The Morgan fingerprint density at radius 2 is 1.92 bits per heavy atom. The largest absolute Gasteiger partial charge is 0.396 e. The standard InChI is InChI=1S/C11H12O2/c12-9-8-11(13)7-6-10-4-2-1-3-5-10/h1-5,11-13H,8-9H2. The first-order valence-electron chi connectivity index (χ1n) is 4.18. The highest BCUT2D eigenvalue weighted by molar-refractivity contribution is 5.34. The molecule has 0 saturated heterocycles. The van der Waals surface area contributed by atoms with Crippen LogP contribution in [0.25, 0.3) is 0 Å². The Bertz CT molecular complexity index is 295. The molecule has 1 rings (SSSR count). The van der Waals surface area contributed by atoms with Crippen LogP contribution < -0.4 is 0 Å². The van der Waals surface area contributed by atoms with Crippen molar-refractivity contribution in [1.82, 2.24) is 0 Å². The summed E-state index contributed by atoms with van der Waals surface area (Å²) in [7, 11) is 0. The van der Waals surface area contributed by atoms with Crippen molar-refractivity contribution in [2.45, 2.75) is 12.5 Å². The maximum Gasteiger partial charge on any atom is 0.117 e. The van der Waals surface area contributed by atoms with Gasteiger partial charge in [0.05, 0.1) is 0 Å². The molecule has 0 aliphatic rings. The molecule has 0 saturated carbocycles. The van der Waals surface area contributed by atoms with Crippen LogP contribution in [-0.4, -0.2) is 22.9 Å². The fourth-order valence-electron chi connectivity index (χ4n) is 0.883. The van der Waals surface area contributed by atoms with Gasteiger partial charge in [-0.05, 0) is 12.1 Å². The van der Waals surface area contributed by atoms with Crippen molar-refractivity contribution in [1.29, 1.82) is 0 Å². The average Bonchev–Trinajstić information content (AvgIpc) is 2.17. The highest BCUT2D eigenvalue weighted by Gasteiger charge is 1.95. The molecule has 2 N–H and O–H groups in total. The second-order valence-electron chi connectivity index (χ2n) is 2.66. The van der Waals surface area contributed by atoms with Crippen molar-refractivity contribution >= 4 is 0 Å². The molecular weight excluding hydrogens is 164 g/mol. The molecule has 1 aromatic rings. The molecule has 1 aromatic carbocycles. The second kappa shape index (κ2) is 5.36. The van der Waals surface area contributed by atoms with Gasteiger partial charge in [0.2, 0.25) is 0 Å². The SMILES string of the molecule is OCCC(O)C#Cc1ccccc1. The third kappa shape index (κ3) is 3.75. The van der Waals surface area contributed by atoms with Crippen LogP contribution in [0, 0.1) is 11.8 Å². The maximum absolute atomic E-state index is 9.18. The maximum atomic E-state index is 9.18. The van der Waals surface area contributed by atoms with Gasteiger partial charge in [-0.2, -0.15) is 0 Å². The normalized spacial score (nSPS) is 11.5. The summed E-state index contributed by atoms with van der Waals surface area (Å²) < 4.78 is 0. The summed E-state index contributed by atoms with van der Waals surface area (Å²) in [5, 5.41) is 17.7. The van der Waals surface area contributed by atoms with Gasteiger partial charge in [0.25, 0.3) is 0 Å². The topological polar surface area (TPSA) is 40.5 Å². The summed E-state index contributed by atoms with van der Waals surface area (Å²) in [5.41, 5.74) is 0.875. The number of rotatable bonds is 2. The predicted octanol–water partition coefficient (Wildman–Crippen LogP) is 0.781. The fraction of sp³-hybridized carbons (Fsp3) is 0.273. The van der Waals surface area contributed by atoms with Gasteiger partial charge < -0.3 is 10.2 Å². The van der Waals surface area contributed by atoms with Gasteiger partial charge in [0.1, 0.15) is 6.10 Å². The van der Waals surface area contributed by atoms with Crippen molar-refractivity contribution in [3.05, 3.63) is 35.9 Å². The number of hydrogen-bond donors (Lipinski definition) is 2. The second-order valence-corrected chi connectivity index (χ2v) is 2.66. The molecule has 0 aliphatic carbocycles. The molecule has 1 atom stereocenters. The molecule has 0 fully saturated rings. The zero-order valence-corrected chi connectivity index (χ0v) is 7.27. The summed E-state index contributed by atoms with van der Waals surface area (Å²) in [4.78, 5) is 0. The molecule has 0 bridgehead atoms. The summed E-state index contributed by atoms with van der Waals surface area (Å²) in [6, 6.07) is 9.44. The predicted molar refractivity (Wildman–Crippen MR) is 51.0 cm³/mol. The molecule has 2 nitrogen and oxygen atoms in total. The number of hydrogen-bond acceptors (Lipinski definition) is 2. The van der Waals surface area contributed by atoms with Crippen LogP contribution in [-0.2, 0) is 0 Å². The van der Waals surface area contributed by atoms with Gasteiger partial charge in [-0.25, -0.2) is 0 Å². The van der Waals surface area contributed by atoms with Crippen LogP contribution in [0.5, 0.6) is 0 Å². The Labute approximate surface area is 77.8 Å². The third-order valence-electron chi connectivity index (χ3n) is 1.56. The first-order valence-corrected chi connectivity index (χ1v) is 4.18. The number of aliphatic hydroxyl groups excluding tert-OH is 2. The summed E-state index contributed by atoms with van der Waals surface area (Å²) in [5.74, 6) is 5.46. The smallest absolute Gasteiger partial charge is 0.117 e. The molecule has 0 radical (unpaired) electrons. The molecule has 2 heteroatoms. The number of aliphatic hydroxyl groups is 2. The summed E-state index contributed by atoms with van der Waals surface area (Å²) >= 11 is 0. The van der Waals surface area contributed by atoms with Gasteiger partial charge in [0.15, 0.2) is 0 Å². The minimum Gasteiger partial charge on any atom is -0.396 e. The Morgan fingerprint density at radius 1 is 1.23 bits per heavy atom. The highest BCUT2D eigenvalue weighted by Crippen LogP contribution is 1.95. The molecule has 0 heterocycles. The van der Waals surface area contributed by atoms with E-state index in [1.807, 2.05) is 30.3 Å². The summed E-state index contributed by atoms with van der Waals surface area (Å²) in [6.45, 7) is -0.0371. The Hall–Kier alpha value is -1.30. The Balaban J connectivity index is 2.57. The van der Waals surface area contributed by atoms with E-state index in [2.05, 4.69) is 11.8 Å². The quantitative estimate of drug-likeness (QED) is 0.654. The van der Waals surface area contributed by atoms with E-state index >= 15 is 0 Å². The van der Waals surface area contributed by atoms with E-state index in [9.17, 15) is 5.11 Å². The molecule has 0 aromatic heterocycles. The molecule has 0 spiro atoms.